The summed E-state index contributed by atoms with van der Waals surface area (Å²) >= 11 is 0. The number of aromatic nitrogens is 2. The molecule has 4 heteroatoms. The van der Waals surface area contributed by atoms with E-state index in [0.717, 1.165) is 18.8 Å². The second kappa shape index (κ2) is 8.51. The normalized spacial score (nSPS) is 11.7. The summed E-state index contributed by atoms with van der Waals surface area (Å²) in [6, 6.07) is 17.0. The van der Waals surface area contributed by atoms with Crippen molar-refractivity contribution in [1.29, 1.82) is 0 Å². The van der Waals surface area contributed by atoms with Gasteiger partial charge in [-0.25, -0.2) is 0 Å². The van der Waals surface area contributed by atoms with Crippen molar-refractivity contribution in [1.82, 2.24) is 15.5 Å². The highest BCUT2D eigenvalue weighted by atomic mass is 16.5. The quantitative estimate of drug-likeness (QED) is 0.622. The second-order valence-corrected chi connectivity index (χ2v) is 7.96. The topological polar surface area (TPSA) is 49.9 Å². The monoisotopic (exact) mass is 363 g/mol. The van der Waals surface area contributed by atoms with Gasteiger partial charge in [0.2, 0.25) is 0 Å². The molecule has 0 unspecified atom stereocenters. The van der Waals surface area contributed by atoms with Crippen LogP contribution in [0.5, 0.6) is 0 Å². The van der Waals surface area contributed by atoms with Crippen LogP contribution in [0.15, 0.2) is 54.7 Å². The second-order valence-electron chi connectivity index (χ2n) is 7.96. The third-order valence-electron chi connectivity index (χ3n) is 4.33. The molecule has 0 amide bonds. The van der Waals surface area contributed by atoms with E-state index in [-0.39, 0.29) is 5.60 Å². The lowest BCUT2D eigenvalue weighted by Crippen LogP contribution is -2.18. The summed E-state index contributed by atoms with van der Waals surface area (Å²) in [6.07, 6.45) is 1.90. The van der Waals surface area contributed by atoms with Crippen molar-refractivity contribution in [2.24, 2.45) is 0 Å². The third-order valence-corrected chi connectivity index (χ3v) is 4.33. The van der Waals surface area contributed by atoms with Crippen LogP contribution in [0, 0.1) is 6.92 Å². The molecule has 0 atom stereocenters. The number of aryl methyl sites for hydroxylation is 1. The molecule has 3 rings (SSSR count). The first kappa shape index (κ1) is 19.3. The molecule has 142 valence electrons. The van der Waals surface area contributed by atoms with Crippen LogP contribution < -0.4 is 5.32 Å². The average molecular weight is 364 g/mol. The lowest BCUT2D eigenvalue weighted by atomic mass is 10.1. The molecule has 0 bridgehead atoms. The number of aromatic amines is 1. The molecule has 0 saturated heterocycles. The van der Waals surface area contributed by atoms with E-state index in [1.165, 1.54) is 27.8 Å². The number of nitrogens with one attached hydrogen (secondary N) is 2. The molecule has 0 aliphatic rings. The number of rotatable bonds is 7. The Morgan fingerprint density at radius 1 is 1.00 bits per heavy atom. The van der Waals surface area contributed by atoms with Gasteiger partial charge in [0.15, 0.2) is 0 Å². The Hall–Kier alpha value is -2.43. The first-order valence-electron chi connectivity index (χ1n) is 9.42. The number of benzene rings is 2. The fourth-order valence-electron chi connectivity index (χ4n) is 2.97. The van der Waals surface area contributed by atoms with Gasteiger partial charge in [0.25, 0.3) is 0 Å². The highest BCUT2D eigenvalue weighted by molar-refractivity contribution is 5.63. The van der Waals surface area contributed by atoms with Gasteiger partial charge in [-0.15, -0.1) is 0 Å². The van der Waals surface area contributed by atoms with Gasteiger partial charge >= 0.3 is 0 Å². The molecule has 0 saturated carbocycles. The zero-order valence-electron chi connectivity index (χ0n) is 16.7. The van der Waals surface area contributed by atoms with Gasteiger partial charge < -0.3 is 10.1 Å². The highest BCUT2D eigenvalue weighted by Crippen LogP contribution is 2.22. The smallest absolute Gasteiger partial charge is 0.0724 e. The number of H-pyrrole nitrogens is 1. The molecule has 4 nitrogen and oxygen atoms in total. The maximum atomic E-state index is 5.88. The first-order valence-corrected chi connectivity index (χ1v) is 9.42. The van der Waals surface area contributed by atoms with Crippen molar-refractivity contribution < 1.29 is 4.74 Å². The summed E-state index contributed by atoms with van der Waals surface area (Å²) in [6.45, 7) is 10.6. The highest BCUT2D eigenvalue weighted by Gasteiger charge is 2.10. The molecule has 3 aromatic rings. The van der Waals surface area contributed by atoms with E-state index in [1.807, 2.05) is 6.20 Å². The van der Waals surface area contributed by atoms with E-state index in [1.54, 1.807) is 0 Å². The Balaban J connectivity index is 1.59. The van der Waals surface area contributed by atoms with E-state index in [4.69, 9.17) is 4.74 Å². The molecule has 1 heterocycles. The van der Waals surface area contributed by atoms with Gasteiger partial charge in [-0.2, -0.15) is 5.10 Å². The zero-order valence-corrected chi connectivity index (χ0v) is 16.7. The van der Waals surface area contributed by atoms with Crippen LogP contribution in [0.25, 0.3) is 11.3 Å². The van der Waals surface area contributed by atoms with Crippen LogP contribution in [-0.2, 0) is 24.4 Å². The fourth-order valence-corrected chi connectivity index (χ4v) is 2.97. The minimum atomic E-state index is -0.123. The zero-order chi connectivity index (χ0) is 19.3. The molecule has 27 heavy (non-hydrogen) atoms. The SMILES string of the molecule is Cc1cccc(-c2[nH]ncc2CNCc2cccc(COC(C)(C)C)c2)c1. The van der Waals surface area contributed by atoms with Crippen LogP contribution in [0.3, 0.4) is 0 Å². The summed E-state index contributed by atoms with van der Waals surface area (Å²) in [7, 11) is 0. The van der Waals surface area contributed by atoms with E-state index < -0.39 is 0 Å². The van der Waals surface area contributed by atoms with Gasteiger partial charge in [0, 0.05) is 24.2 Å². The van der Waals surface area contributed by atoms with Gasteiger partial charge in [0.1, 0.15) is 0 Å². The van der Waals surface area contributed by atoms with Gasteiger partial charge in [-0.05, 0) is 44.9 Å². The standard InChI is InChI=1S/C23H29N3O/c1-17-7-5-10-20(11-17)22-21(15-25-26-22)14-24-13-18-8-6-9-19(12-18)16-27-23(2,3)4/h5-12,15,24H,13-14,16H2,1-4H3,(H,25,26). The van der Waals surface area contributed by atoms with Crippen molar-refractivity contribution >= 4 is 0 Å². The molecule has 0 aliphatic carbocycles. The predicted molar refractivity (Wildman–Crippen MR) is 110 cm³/mol. The van der Waals surface area contributed by atoms with E-state index in [9.17, 15) is 0 Å². The summed E-state index contributed by atoms with van der Waals surface area (Å²) in [5, 5.41) is 10.9. The van der Waals surface area contributed by atoms with Crippen molar-refractivity contribution in [3.63, 3.8) is 0 Å². The van der Waals surface area contributed by atoms with E-state index in [0.29, 0.717) is 6.61 Å². The average Bonchev–Trinajstić information content (AvgIpc) is 3.08. The van der Waals surface area contributed by atoms with Gasteiger partial charge in [-0.1, -0.05) is 48.0 Å². The van der Waals surface area contributed by atoms with E-state index in [2.05, 4.69) is 91.7 Å². The van der Waals surface area contributed by atoms with Crippen LogP contribution in [0.4, 0.5) is 0 Å². The molecule has 0 aliphatic heterocycles. The van der Waals surface area contributed by atoms with Gasteiger partial charge in [0.05, 0.1) is 24.1 Å². The summed E-state index contributed by atoms with van der Waals surface area (Å²) in [4.78, 5) is 0. The fraction of sp³-hybridized carbons (Fsp3) is 0.348. The number of nitrogens with zero attached hydrogens (tertiary/aromatic N) is 1. The Morgan fingerprint density at radius 3 is 2.56 bits per heavy atom. The van der Waals surface area contributed by atoms with E-state index >= 15 is 0 Å². The summed E-state index contributed by atoms with van der Waals surface area (Å²) in [5.74, 6) is 0. The van der Waals surface area contributed by atoms with Crippen LogP contribution >= 0.6 is 0 Å². The lowest BCUT2D eigenvalue weighted by molar-refractivity contribution is -0.0149. The molecular formula is C23H29N3O. The molecule has 2 aromatic carbocycles. The summed E-state index contributed by atoms with van der Waals surface area (Å²) < 4.78 is 5.88. The van der Waals surface area contributed by atoms with Crippen molar-refractivity contribution in [2.45, 2.75) is 53.0 Å². The van der Waals surface area contributed by atoms with Crippen molar-refractivity contribution in [2.75, 3.05) is 0 Å². The number of hydrogen-bond donors (Lipinski definition) is 2. The Kier molecular flexibility index (Phi) is 6.09. The maximum Gasteiger partial charge on any atom is 0.0724 e. The van der Waals surface area contributed by atoms with Crippen LogP contribution in [-0.4, -0.2) is 15.8 Å². The molecule has 1 aromatic heterocycles. The lowest BCUT2D eigenvalue weighted by Gasteiger charge is -2.19. The van der Waals surface area contributed by atoms with Crippen molar-refractivity contribution in [3.8, 4) is 11.3 Å². The third kappa shape index (κ3) is 5.78. The Morgan fingerprint density at radius 2 is 1.78 bits per heavy atom. The van der Waals surface area contributed by atoms with Crippen LogP contribution in [0.1, 0.15) is 43.0 Å². The maximum absolute atomic E-state index is 5.88. The Labute approximate surface area is 162 Å². The minimum Gasteiger partial charge on any atom is -0.371 e. The number of ether oxygens (including phenoxy) is 1. The Bertz CT molecular complexity index is 877. The molecule has 0 radical (unpaired) electrons. The minimum absolute atomic E-state index is 0.123. The predicted octanol–water partition coefficient (Wildman–Crippen LogP) is 4.99. The van der Waals surface area contributed by atoms with Crippen LogP contribution in [0.2, 0.25) is 0 Å². The number of hydrogen-bond acceptors (Lipinski definition) is 3. The first-order chi connectivity index (χ1) is 12.9. The van der Waals surface area contributed by atoms with Crippen molar-refractivity contribution in [3.05, 3.63) is 77.0 Å². The summed E-state index contributed by atoms with van der Waals surface area (Å²) in [5.41, 5.74) is 7.01. The molecule has 0 fully saturated rings. The molecular weight excluding hydrogens is 334 g/mol. The van der Waals surface area contributed by atoms with Gasteiger partial charge in [-0.3, -0.25) is 5.10 Å². The largest absolute Gasteiger partial charge is 0.371 e. The molecule has 2 N–H and O–H groups in total. The molecule has 0 spiro atoms.